The SMILES string of the molecule is BrB(Br)Br.COCCN1c2ccc(F)cc2C(=O)CC12CCN(C(=O)NCc1ccc(F)cc1)CC2.O=C1CC2(CCN(C(=O)NCc3ccc(F)cc3)CC2)N(CCO)c2ccc(F)cc21. The van der Waals surface area contributed by atoms with Gasteiger partial charge in [0.1, 0.15) is 23.3 Å². The molecule has 0 saturated carbocycles. The number of likely N-dealkylation sites (tertiary alicyclic amines) is 2. The lowest BCUT2D eigenvalue weighted by molar-refractivity contribution is 0.0865. The maximum atomic E-state index is 13.8. The summed E-state index contributed by atoms with van der Waals surface area (Å²) in [5.74, 6) is -1.70. The van der Waals surface area contributed by atoms with Gasteiger partial charge in [0.05, 0.1) is 24.3 Å². The largest absolute Gasteiger partial charge is 0.395 e. The smallest absolute Gasteiger partial charge is 0.369 e. The summed E-state index contributed by atoms with van der Waals surface area (Å²) in [6.45, 7) is 3.85. The van der Waals surface area contributed by atoms with Gasteiger partial charge in [-0.3, -0.25) is 9.59 Å². The number of ketones is 2. The molecule has 4 aromatic rings. The van der Waals surface area contributed by atoms with E-state index < -0.39 is 22.7 Å². The Balaban J connectivity index is 0.000000205. The van der Waals surface area contributed by atoms with E-state index in [4.69, 9.17) is 4.74 Å². The first-order valence-corrected chi connectivity index (χ1v) is 24.6. The van der Waals surface area contributed by atoms with Crippen molar-refractivity contribution in [1.29, 1.82) is 0 Å². The van der Waals surface area contributed by atoms with Crippen molar-refractivity contribution in [2.24, 2.45) is 0 Å². The Morgan fingerprint density at radius 1 is 0.627 bits per heavy atom. The zero-order chi connectivity index (χ0) is 48.3. The zero-order valence-electron chi connectivity index (χ0n) is 36.9. The number of nitrogens with one attached hydrogen (secondary N) is 2. The fourth-order valence-corrected chi connectivity index (χ4v) is 9.35. The van der Waals surface area contributed by atoms with Crippen LogP contribution in [0.2, 0.25) is 0 Å². The Labute approximate surface area is 412 Å². The van der Waals surface area contributed by atoms with E-state index in [1.807, 2.05) is 4.90 Å². The first-order chi connectivity index (χ1) is 32.1. The minimum atomic E-state index is -0.502. The third kappa shape index (κ3) is 13.2. The second-order valence-corrected chi connectivity index (χ2v) is 23.2. The highest BCUT2D eigenvalue weighted by Crippen LogP contribution is 2.44. The van der Waals surface area contributed by atoms with E-state index in [2.05, 4.69) is 62.8 Å². The Morgan fingerprint density at radius 2 is 0.985 bits per heavy atom. The summed E-state index contributed by atoms with van der Waals surface area (Å²) in [5.41, 5.74) is 2.83. The second kappa shape index (κ2) is 23.7. The number of halogens is 7. The maximum Gasteiger partial charge on any atom is 0.369 e. The molecule has 2 fully saturated rings. The summed E-state index contributed by atoms with van der Waals surface area (Å²) in [4.78, 5) is 58.6. The number of aliphatic hydroxyl groups is 1. The number of aliphatic hydroxyl groups excluding tert-OH is 1. The molecule has 4 amide bonds. The summed E-state index contributed by atoms with van der Waals surface area (Å²) in [6, 6.07) is 20.1. The van der Waals surface area contributed by atoms with Crippen LogP contribution in [-0.2, 0) is 17.8 Å². The first-order valence-electron chi connectivity index (χ1n) is 21.8. The molecule has 12 nitrogen and oxygen atoms in total. The van der Waals surface area contributed by atoms with Crippen LogP contribution in [0.1, 0.15) is 70.4 Å². The number of ether oxygens (including phenoxy) is 1. The number of β-amino-alcohol motifs (C(OH)–C–C–N with tert-alkyl or cyclic N) is 1. The zero-order valence-corrected chi connectivity index (χ0v) is 41.7. The molecule has 0 aromatic heterocycles. The third-order valence-electron chi connectivity index (χ3n) is 12.7. The summed E-state index contributed by atoms with van der Waals surface area (Å²) >= 11 is 9.31. The molecule has 4 heterocycles. The number of piperidine rings is 2. The minimum absolute atomic E-state index is 0.0672. The van der Waals surface area contributed by atoms with Crippen molar-refractivity contribution in [1.82, 2.24) is 20.4 Å². The van der Waals surface area contributed by atoms with Crippen LogP contribution in [0.5, 0.6) is 0 Å². The predicted molar refractivity (Wildman–Crippen MR) is 261 cm³/mol. The van der Waals surface area contributed by atoms with Gasteiger partial charge in [-0.05, 0) is 97.5 Å². The van der Waals surface area contributed by atoms with Gasteiger partial charge in [0.25, 0.3) is 0 Å². The van der Waals surface area contributed by atoms with Crippen molar-refractivity contribution in [2.45, 2.75) is 62.7 Å². The number of urea groups is 2. The van der Waals surface area contributed by atoms with E-state index >= 15 is 0 Å². The number of hydrogen-bond acceptors (Lipinski definition) is 8. The Bertz CT molecular complexity index is 2350. The highest BCUT2D eigenvalue weighted by Gasteiger charge is 2.48. The summed E-state index contributed by atoms with van der Waals surface area (Å²) in [6.07, 6.45) is 2.91. The number of anilines is 2. The minimum Gasteiger partial charge on any atom is -0.395 e. The number of carbonyl (C=O) groups is 4. The Morgan fingerprint density at radius 3 is 1.34 bits per heavy atom. The lowest BCUT2D eigenvalue weighted by Crippen LogP contribution is -2.61. The van der Waals surface area contributed by atoms with Crippen molar-refractivity contribution in [3.8, 4) is 0 Å². The average Bonchev–Trinajstić information content (AvgIpc) is 3.30. The summed E-state index contributed by atoms with van der Waals surface area (Å²) in [5, 5.41) is 15.3. The number of benzene rings is 4. The lowest BCUT2D eigenvalue weighted by atomic mass is 9.76. The predicted octanol–water partition coefficient (Wildman–Crippen LogP) is 9.00. The summed E-state index contributed by atoms with van der Waals surface area (Å²) in [7, 11) is 1.63. The molecule has 8 rings (SSSR count). The molecular formula is C47H52BBr3F4N6O6. The third-order valence-corrected chi connectivity index (χ3v) is 12.7. The standard InChI is InChI=1S/C24H27F2N3O3.C23H25F2N3O3.BBr3/c1-32-13-12-29-21-7-6-19(26)14-20(21)22(30)15-24(29)8-10-28(11-9-24)23(31)27-16-17-2-4-18(25)5-3-17;24-17-3-1-16(2-4-17)15-26-22(31)27-9-7-23(8-10-27)14-21(30)19-13-18(25)5-6-20(19)28(23)11-12-29;2-1(3)4/h2-7,14H,8-13,15-16H2,1H3,(H,27,31);1-6,13,29H,7-12,14-15H2,(H,26,31);. The number of methoxy groups -OCH3 is 1. The Kier molecular flexibility index (Phi) is 18.3. The molecular weight excluding hydrogens is 1070 g/mol. The van der Waals surface area contributed by atoms with Gasteiger partial charge < -0.3 is 40.1 Å². The molecule has 358 valence electrons. The van der Waals surface area contributed by atoms with Gasteiger partial charge in [-0.1, -0.05) is 24.3 Å². The first kappa shape index (κ1) is 51.9. The van der Waals surface area contributed by atoms with Crippen molar-refractivity contribution < 1.29 is 46.6 Å². The highest BCUT2D eigenvalue weighted by atomic mass is 79.9. The van der Waals surface area contributed by atoms with Crippen molar-refractivity contribution in [3.05, 3.63) is 130 Å². The molecule has 67 heavy (non-hydrogen) atoms. The van der Waals surface area contributed by atoms with Crippen LogP contribution in [0.25, 0.3) is 0 Å². The topological polar surface area (TPSA) is 135 Å². The molecule has 20 heteroatoms. The molecule has 0 aliphatic carbocycles. The highest BCUT2D eigenvalue weighted by molar-refractivity contribution is 9.69. The molecule has 2 spiro atoms. The molecule has 4 aliphatic heterocycles. The molecule has 0 bridgehead atoms. The molecule has 3 N–H and O–H groups in total. The monoisotopic (exact) mass is 1120 g/mol. The quantitative estimate of drug-likeness (QED) is 0.112. The van der Waals surface area contributed by atoms with Crippen LogP contribution < -0.4 is 20.4 Å². The number of hydrogen-bond donors (Lipinski definition) is 3. The molecule has 4 aliphatic rings. The average molecular weight is 1120 g/mol. The molecule has 2 saturated heterocycles. The molecule has 0 unspecified atom stereocenters. The number of fused-ring (bicyclic) bond motifs is 2. The number of amides is 4. The van der Waals surface area contributed by atoms with Crippen LogP contribution in [0.15, 0.2) is 84.9 Å². The van der Waals surface area contributed by atoms with Crippen molar-refractivity contribution in [3.63, 3.8) is 0 Å². The van der Waals surface area contributed by atoms with Gasteiger partial charge in [0.15, 0.2) is 11.6 Å². The van der Waals surface area contributed by atoms with E-state index in [9.17, 15) is 41.8 Å². The molecule has 4 aromatic carbocycles. The van der Waals surface area contributed by atoms with Gasteiger partial charge in [-0.25, -0.2) is 27.2 Å². The molecule has 0 radical (unpaired) electrons. The van der Waals surface area contributed by atoms with Gasteiger partial charge in [0, 0.05) is 94.8 Å². The molecule has 0 atom stereocenters. The Hall–Kier alpha value is -4.50. The fourth-order valence-electron chi connectivity index (χ4n) is 9.35. The van der Waals surface area contributed by atoms with Crippen LogP contribution in [0.3, 0.4) is 0 Å². The number of Topliss-reactive ketones (excluding diaryl/α,β-unsaturated/α-hetero) is 2. The van der Waals surface area contributed by atoms with E-state index in [0.717, 1.165) is 16.8 Å². The number of carbonyl (C=O) groups excluding carboxylic acids is 4. The van der Waals surface area contributed by atoms with E-state index in [-0.39, 0.29) is 57.9 Å². The van der Waals surface area contributed by atoms with E-state index in [1.54, 1.807) is 53.3 Å². The fraction of sp³-hybridized carbons (Fsp3) is 0.404. The van der Waals surface area contributed by atoms with Gasteiger partial charge >= 0.3 is 15.2 Å². The number of nitrogens with zero attached hydrogens (tertiary/aromatic N) is 4. The van der Waals surface area contributed by atoms with Gasteiger partial charge in [-0.2, -0.15) is 0 Å². The van der Waals surface area contributed by atoms with E-state index in [1.165, 1.54) is 48.5 Å². The van der Waals surface area contributed by atoms with Crippen LogP contribution in [0.4, 0.5) is 38.5 Å². The van der Waals surface area contributed by atoms with Crippen LogP contribution in [-0.4, -0.2) is 112 Å². The van der Waals surface area contributed by atoms with Crippen molar-refractivity contribution in [2.75, 3.05) is 69.4 Å². The number of rotatable bonds is 9. The normalized spacial score (nSPS) is 16.9. The van der Waals surface area contributed by atoms with Gasteiger partial charge in [-0.15, -0.1) is 47.3 Å². The second-order valence-electron chi connectivity index (χ2n) is 16.8. The van der Waals surface area contributed by atoms with E-state index in [0.29, 0.717) is 101 Å². The maximum absolute atomic E-state index is 13.8. The van der Waals surface area contributed by atoms with Crippen molar-refractivity contribution >= 4 is 85.5 Å². The van der Waals surface area contributed by atoms with Crippen LogP contribution in [0, 0.1) is 23.3 Å². The summed E-state index contributed by atoms with van der Waals surface area (Å²) < 4.78 is 59.1. The van der Waals surface area contributed by atoms with Gasteiger partial charge in [0.2, 0.25) is 0 Å². The van der Waals surface area contributed by atoms with Crippen LogP contribution >= 0.6 is 47.3 Å². The lowest BCUT2D eigenvalue weighted by Gasteiger charge is -2.52.